The maximum Gasteiger partial charge on any atom is 0.0605 e. The zero-order chi connectivity index (χ0) is 24.5. The Kier molecular flexibility index (Phi) is 17.7. The smallest absolute Gasteiger partial charge is 0.0605 e. The minimum absolute atomic E-state index is 0.0111. The molecule has 0 aromatic carbocycles. The highest BCUT2D eigenvalue weighted by molar-refractivity contribution is 4.87. The van der Waals surface area contributed by atoms with Gasteiger partial charge in [0.2, 0.25) is 0 Å². The van der Waals surface area contributed by atoms with Gasteiger partial charge in [-0.2, -0.15) is 0 Å². The van der Waals surface area contributed by atoms with E-state index in [-0.39, 0.29) is 17.8 Å². The van der Waals surface area contributed by atoms with Crippen molar-refractivity contribution in [2.45, 2.75) is 121 Å². The molecule has 1 aliphatic rings. The summed E-state index contributed by atoms with van der Waals surface area (Å²) >= 11 is 0. The summed E-state index contributed by atoms with van der Waals surface area (Å²) in [5, 5.41) is 45.2. The first-order valence-corrected chi connectivity index (χ1v) is 13.7. The van der Waals surface area contributed by atoms with Gasteiger partial charge in [-0.3, -0.25) is 0 Å². The zero-order valence-electron chi connectivity index (χ0n) is 21.2. The molecule has 7 atom stereocenters. The van der Waals surface area contributed by atoms with Gasteiger partial charge in [-0.15, -0.1) is 0 Å². The van der Waals surface area contributed by atoms with E-state index in [4.69, 9.17) is 11.5 Å². The highest BCUT2D eigenvalue weighted by Gasteiger charge is 2.35. The molecule has 1 rings (SSSR count). The van der Waals surface area contributed by atoms with Gasteiger partial charge in [0, 0.05) is 11.8 Å². The number of rotatable bonds is 20. The summed E-state index contributed by atoms with van der Waals surface area (Å²) < 4.78 is 0. The predicted octanol–water partition coefficient (Wildman–Crippen LogP) is 2.28. The fourth-order valence-corrected chi connectivity index (χ4v) is 5.39. The lowest BCUT2D eigenvalue weighted by atomic mass is 9.75. The molecule has 0 bridgehead atoms. The maximum atomic E-state index is 10.6. The first kappa shape index (κ1) is 30.8. The Morgan fingerprint density at radius 3 is 1.91 bits per heavy atom. The van der Waals surface area contributed by atoms with Crippen LogP contribution in [-0.2, 0) is 0 Å². The average molecular weight is 474 g/mol. The summed E-state index contributed by atoms with van der Waals surface area (Å²) in [5.41, 5.74) is 11.1. The summed E-state index contributed by atoms with van der Waals surface area (Å²) in [6.07, 6.45) is 11.7. The molecule has 33 heavy (non-hydrogen) atoms. The van der Waals surface area contributed by atoms with Crippen molar-refractivity contribution in [3.05, 3.63) is 0 Å². The van der Waals surface area contributed by atoms with Gasteiger partial charge in [-0.25, -0.2) is 0 Å². The van der Waals surface area contributed by atoms with E-state index in [9.17, 15) is 20.4 Å². The van der Waals surface area contributed by atoms with Crippen molar-refractivity contribution in [1.29, 1.82) is 0 Å². The van der Waals surface area contributed by atoms with E-state index >= 15 is 0 Å². The van der Waals surface area contributed by atoms with Gasteiger partial charge in [-0.1, -0.05) is 44.9 Å². The molecule has 7 heteroatoms. The fraction of sp³-hybridized carbons (Fsp3) is 1.00. The quantitative estimate of drug-likeness (QED) is 0.134. The molecule has 1 saturated carbocycles. The minimum atomic E-state index is -0.521. The second-order valence-corrected chi connectivity index (χ2v) is 10.4. The normalized spacial score (nSPS) is 26.3. The molecule has 0 aromatic rings. The zero-order valence-corrected chi connectivity index (χ0v) is 21.2. The first-order chi connectivity index (χ1) is 15.9. The van der Waals surface area contributed by atoms with Crippen LogP contribution in [0.5, 0.6) is 0 Å². The standard InChI is InChI=1S/C26H55N3O4/c1-20(30)22(11-7-3-2-5-9-14-27)24(31)13-16-29-19-21-17-25(32)23(26(33)18-21)12-8-4-6-10-15-28/h20-26,29-33H,2-19,27-28H2,1H3/t20?,21?,22-,23?,24?,25-,26?/m1/s1. The predicted molar refractivity (Wildman–Crippen MR) is 136 cm³/mol. The van der Waals surface area contributed by atoms with E-state index < -0.39 is 24.4 Å². The number of aliphatic hydroxyl groups excluding tert-OH is 4. The maximum absolute atomic E-state index is 10.6. The van der Waals surface area contributed by atoms with Crippen molar-refractivity contribution >= 4 is 0 Å². The molecule has 9 N–H and O–H groups in total. The van der Waals surface area contributed by atoms with Crippen LogP contribution in [0.1, 0.15) is 96.8 Å². The number of unbranched alkanes of at least 4 members (excludes halogenated alkanes) is 7. The van der Waals surface area contributed by atoms with Crippen LogP contribution in [0.25, 0.3) is 0 Å². The first-order valence-electron chi connectivity index (χ1n) is 13.7. The average Bonchev–Trinajstić information content (AvgIpc) is 2.77. The Morgan fingerprint density at radius 2 is 1.33 bits per heavy atom. The third kappa shape index (κ3) is 13.4. The molecule has 7 nitrogen and oxygen atoms in total. The van der Waals surface area contributed by atoms with E-state index in [1.54, 1.807) is 6.92 Å². The Balaban J connectivity index is 2.23. The van der Waals surface area contributed by atoms with Gasteiger partial charge in [-0.05, 0) is 84.0 Å². The summed E-state index contributed by atoms with van der Waals surface area (Å²) in [6, 6.07) is 0. The van der Waals surface area contributed by atoms with E-state index in [1.807, 2.05) is 0 Å². The van der Waals surface area contributed by atoms with Gasteiger partial charge in [0.05, 0.1) is 24.4 Å². The Morgan fingerprint density at radius 1 is 0.788 bits per heavy atom. The molecule has 0 aromatic heterocycles. The van der Waals surface area contributed by atoms with Crippen LogP contribution in [0.15, 0.2) is 0 Å². The number of hydrogen-bond donors (Lipinski definition) is 7. The number of aliphatic hydroxyl groups is 4. The van der Waals surface area contributed by atoms with Crippen molar-refractivity contribution in [3.8, 4) is 0 Å². The lowest BCUT2D eigenvalue weighted by Crippen LogP contribution is -2.43. The van der Waals surface area contributed by atoms with Crippen LogP contribution >= 0.6 is 0 Å². The highest BCUT2D eigenvalue weighted by Crippen LogP contribution is 2.32. The molecule has 0 amide bonds. The Hall–Kier alpha value is -0.280. The highest BCUT2D eigenvalue weighted by atomic mass is 16.3. The van der Waals surface area contributed by atoms with E-state index in [0.717, 1.165) is 103 Å². The van der Waals surface area contributed by atoms with Crippen LogP contribution in [0, 0.1) is 17.8 Å². The summed E-state index contributed by atoms with van der Waals surface area (Å²) in [4.78, 5) is 0. The number of nitrogens with one attached hydrogen (secondary N) is 1. The lowest BCUT2D eigenvalue weighted by Gasteiger charge is -2.37. The molecular weight excluding hydrogens is 418 g/mol. The Labute approximate surface area is 202 Å². The van der Waals surface area contributed by atoms with Crippen LogP contribution in [0.3, 0.4) is 0 Å². The summed E-state index contributed by atoms with van der Waals surface area (Å²) in [6.45, 7) is 4.67. The molecular formula is C26H55N3O4. The van der Waals surface area contributed by atoms with Crippen molar-refractivity contribution < 1.29 is 20.4 Å². The largest absolute Gasteiger partial charge is 0.393 e. The van der Waals surface area contributed by atoms with E-state index in [2.05, 4.69) is 5.32 Å². The van der Waals surface area contributed by atoms with Gasteiger partial charge in [0.15, 0.2) is 0 Å². The van der Waals surface area contributed by atoms with Crippen LogP contribution in [0.2, 0.25) is 0 Å². The van der Waals surface area contributed by atoms with Crippen molar-refractivity contribution in [2.24, 2.45) is 29.2 Å². The minimum Gasteiger partial charge on any atom is -0.393 e. The molecule has 5 unspecified atom stereocenters. The fourth-order valence-electron chi connectivity index (χ4n) is 5.39. The van der Waals surface area contributed by atoms with Gasteiger partial charge in [0.25, 0.3) is 0 Å². The SMILES string of the molecule is CC(O)[C@@H](CCCCCCCN)C(O)CCNCC1CC(O)C(CCCCCCN)[C@H](O)C1. The van der Waals surface area contributed by atoms with E-state index in [0.29, 0.717) is 13.0 Å². The van der Waals surface area contributed by atoms with Crippen LogP contribution in [0.4, 0.5) is 0 Å². The molecule has 1 fully saturated rings. The monoisotopic (exact) mass is 473 g/mol. The summed E-state index contributed by atoms with van der Waals surface area (Å²) in [5.74, 6) is 0.148. The molecule has 0 spiro atoms. The third-order valence-electron chi connectivity index (χ3n) is 7.54. The topological polar surface area (TPSA) is 145 Å². The second kappa shape index (κ2) is 19.0. The molecule has 0 saturated heterocycles. The van der Waals surface area contributed by atoms with Gasteiger partial charge in [0.1, 0.15) is 0 Å². The van der Waals surface area contributed by atoms with Gasteiger partial charge >= 0.3 is 0 Å². The van der Waals surface area contributed by atoms with E-state index in [1.165, 1.54) is 0 Å². The second-order valence-electron chi connectivity index (χ2n) is 10.4. The molecule has 1 aliphatic carbocycles. The number of hydrogen-bond acceptors (Lipinski definition) is 7. The van der Waals surface area contributed by atoms with Gasteiger partial charge < -0.3 is 37.2 Å². The molecule has 198 valence electrons. The van der Waals surface area contributed by atoms with Crippen LogP contribution < -0.4 is 16.8 Å². The van der Waals surface area contributed by atoms with Crippen molar-refractivity contribution in [2.75, 3.05) is 26.2 Å². The summed E-state index contributed by atoms with van der Waals surface area (Å²) in [7, 11) is 0. The number of nitrogens with two attached hydrogens (primary N) is 2. The third-order valence-corrected chi connectivity index (χ3v) is 7.54. The van der Waals surface area contributed by atoms with Crippen LogP contribution in [-0.4, -0.2) is 71.0 Å². The van der Waals surface area contributed by atoms with Crippen molar-refractivity contribution in [3.63, 3.8) is 0 Å². The molecule has 0 radical (unpaired) electrons. The van der Waals surface area contributed by atoms with Crippen molar-refractivity contribution in [1.82, 2.24) is 5.32 Å². The Bertz CT molecular complexity index is 443. The molecule has 0 heterocycles. The lowest BCUT2D eigenvalue weighted by molar-refractivity contribution is -0.0488. The molecule has 0 aliphatic heterocycles.